The average molecular weight is 278 g/mol. The van der Waals surface area contributed by atoms with Crippen molar-refractivity contribution in [1.29, 1.82) is 0 Å². The zero-order valence-corrected chi connectivity index (χ0v) is 11.8. The number of hydrogen-bond acceptors (Lipinski definition) is 2. The standard InChI is InChI=1S/C16H23FN2O/c17-14-6-4-13(5-7-14)10-15(20)19-12-16(11-18)8-2-1-3-9-16/h4-7H,1-3,8-12,18H2,(H,19,20). The van der Waals surface area contributed by atoms with Crippen molar-refractivity contribution < 1.29 is 9.18 Å². The molecule has 1 amide bonds. The highest BCUT2D eigenvalue weighted by atomic mass is 19.1. The average Bonchev–Trinajstić information content (AvgIpc) is 2.49. The van der Waals surface area contributed by atoms with E-state index in [2.05, 4.69) is 5.32 Å². The number of carbonyl (C=O) groups is 1. The Kier molecular flexibility index (Phi) is 5.12. The van der Waals surface area contributed by atoms with Gasteiger partial charge in [0.1, 0.15) is 5.82 Å². The van der Waals surface area contributed by atoms with E-state index in [1.54, 1.807) is 12.1 Å². The minimum Gasteiger partial charge on any atom is -0.355 e. The summed E-state index contributed by atoms with van der Waals surface area (Å²) in [6, 6.07) is 6.05. The molecule has 3 nitrogen and oxygen atoms in total. The van der Waals surface area contributed by atoms with E-state index in [0.29, 0.717) is 19.5 Å². The van der Waals surface area contributed by atoms with E-state index in [1.165, 1.54) is 31.4 Å². The molecule has 0 unspecified atom stereocenters. The molecule has 1 aromatic rings. The molecule has 110 valence electrons. The fourth-order valence-electron chi connectivity index (χ4n) is 2.89. The Balaban J connectivity index is 1.83. The van der Waals surface area contributed by atoms with Crippen LogP contribution in [0, 0.1) is 11.2 Å². The summed E-state index contributed by atoms with van der Waals surface area (Å²) >= 11 is 0. The highest BCUT2D eigenvalue weighted by molar-refractivity contribution is 5.78. The summed E-state index contributed by atoms with van der Waals surface area (Å²) in [5.41, 5.74) is 6.81. The molecular weight excluding hydrogens is 255 g/mol. The number of amides is 1. The molecule has 0 heterocycles. The zero-order valence-electron chi connectivity index (χ0n) is 11.8. The molecule has 1 saturated carbocycles. The van der Waals surface area contributed by atoms with Crippen LogP contribution in [0.2, 0.25) is 0 Å². The van der Waals surface area contributed by atoms with E-state index < -0.39 is 0 Å². The Morgan fingerprint density at radius 1 is 1.20 bits per heavy atom. The predicted octanol–water partition coefficient (Wildman–Crippen LogP) is 2.39. The fraction of sp³-hybridized carbons (Fsp3) is 0.562. The van der Waals surface area contributed by atoms with Gasteiger partial charge in [0.15, 0.2) is 0 Å². The fourth-order valence-corrected chi connectivity index (χ4v) is 2.89. The van der Waals surface area contributed by atoms with Crippen LogP contribution in [-0.2, 0) is 11.2 Å². The SMILES string of the molecule is NCC1(CNC(=O)Cc2ccc(F)cc2)CCCCC1. The Morgan fingerprint density at radius 3 is 2.45 bits per heavy atom. The van der Waals surface area contributed by atoms with E-state index in [-0.39, 0.29) is 17.1 Å². The van der Waals surface area contributed by atoms with Crippen molar-refractivity contribution in [3.63, 3.8) is 0 Å². The molecule has 0 spiro atoms. The molecule has 0 bridgehead atoms. The first kappa shape index (κ1) is 15.0. The molecule has 2 rings (SSSR count). The van der Waals surface area contributed by atoms with Crippen molar-refractivity contribution in [1.82, 2.24) is 5.32 Å². The maximum absolute atomic E-state index is 12.8. The summed E-state index contributed by atoms with van der Waals surface area (Å²) in [5.74, 6) is -0.298. The molecule has 1 aromatic carbocycles. The van der Waals surface area contributed by atoms with Gasteiger partial charge in [-0.05, 0) is 42.5 Å². The monoisotopic (exact) mass is 278 g/mol. The van der Waals surface area contributed by atoms with Gasteiger partial charge in [-0.25, -0.2) is 4.39 Å². The van der Waals surface area contributed by atoms with Crippen LogP contribution in [0.3, 0.4) is 0 Å². The molecule has 1 fully saturated rings. The van der Waals surface area contributed by atoms with Crippen molar-refractivity contribution in [2.45, 2.75) is 38.5 Å². The molecular formula is C16H23FN2O. The molecule has 0 radical (unpaired) electrons. The van der Waals surface area contributed by atoms with Crippen LogP contribution in [0.25, 0.3) is 0 Å². The topological polar surface area (TPSA) is 55.1 Å². The van der Waals surface area contributed by atoms with Gasteiger partial charge in [-0.1, -0.05) is 31.4 Å². The Labute approximate surface area is 119 Å². The van der Waals surface area contributed by atoms with Gasteiger partial charge in [0, 0.05) is 6.54 Å². The van der Waals surface area contributed by atoms with Gasteiger partial charge in [0.25, 0.3) is 0 Å². The third-order valence-electron chi connectivity index (χ3n) is 4.29. The first-order chi connectivity index (χ1) is 9.63. The van der Waals surface area contributed by atoms with Crippen LogP contribution in [-0.4, -0.2) is 19.0 Å². The highest BCUT2D eigenvalue weighted by Gasteiger charge is 2.30. The molecule has 4 heteroatoms. The third-order valence-corrected chi connectivity index (χ3v) is 4.29. The summed E-state index contributed by atoms with van der Waals surface area (Å²) in [6.45, 7) is 1.29. The summed E-state index contributed by atoms with van der Waals surface area (Å²) in [4.78, 5) is 12.0. The van der Waals surface area contributed by atoms with E-state index >= 15 is 0 Å². The van der Waals surface area contributed by atoms with Crippen LogP contribution >= 0.6 is 0 Å². The number of halogens is 1. The van der Waals surface area contributed by atoms with Gasteiger partial charge >= 0.3 is 0 Å². The lowest BCUT2D eigenvalue weighted by Crippen LogP contribution is -2.44. The number of carbonyl (C=O) groups excluding carboxylic acids is 1. The summed E-state index contributed by atoms with van der Waals surface area (Å²) in [5, 5.41) is 2.99. The van der Waals surface area contributed by atoms with E-state index in [1.807, 2.05) is 0 Å². The smallest absolute Gasteiger partial charge is 0.224 e. The maximum Gasteiger partial charge on any atom is 0.224 e. The van der Waals surface area contributed by atoms with Gasteiger partial charge < -0.3 is 11.1 Å². The summed E-state index contributed by atoms with van der Waals surface area (Å²) in [7, 11) is 0. The van der Waals surface area contributed by atoms with E-state index in [9.17, 15) is 9.18 Å². The Bertz CT molecular complexity index is 438. The molecule has 0 saturated heterocycles. The highest BCUT2D eigenvalue weighted by Crippen LogP contribution is 2.34. The minimum atomic E-state index is -0.279. The summed E-state index contributed by atoms with van der Waals surface area (Å²) in [6.07, 6.45) is 6.16. The lowest BCUT2D eigenvalue weighted by molar-refractivity contribution is -0.121. The molecule has 1 aliphatic rings. The van der Waals surface area contributed by atoms with Crippen LogP contribution < -0.4 is 11.1 Å². The van der Waals surface area contributed by atoms with Gasteiger partial charge in [-0.15, -0.1) is 0 Å². The zero-order chi connectivity index (χ0) is 14.4. The molecule has 0 aromatic heterocycles. The van der Waals surface area contributed by atoms with Crippen LogP contribution in [0.5, 0.6) is 0 Å². The second-order valence-corrected chi connectivity index (χ2v) is 5.84. The second-order valence-electron chi connectivity index (χ2n) is 5.84. The number of nitrogens with one attached hydrogen (secondary N) is 1. The maximum atomic E-state index is 12.8. The number of hydrogen-bond donors (Lipinski definition) is 2. The quantitative estimate of drug-likeness (QED) is 0.869. The first-order valence-corrected chi connectivity index (χ1v) is 7.35. The van der Waals surface area contributed by atoms with Crippen LogP contribution in [0.1, 0.15) is 37.7 Å². The minimum absolute atomic E-state index is 0.0185. The van der Waals surface area contributed by atoms with Crippen molar-refractivity contribution in [2.75, 3.05) is 13.1 Å². The number of benzene rings is 1. The molecule has 0 atom stereocenters. The van der Waals surface area contributed by atoms with Crippen molar-refractivity contribution in [3.8, 4) is 0 Å². The third kappa shape index (κ3) is 4.04. The predicted molar refractivity (Wildman–Crippen MR) is 77.7 cm³/mol. The first-order valence-electron chi connectivity index (χ1n) is 7.35. The van der Waals surface area contributed by atoms with Crippen molar-refractivity contribution in [2.24, 2.45) is 11.1 Å². The Hall–Kier alpha value is -1.42. The van der Waals surface area contributed by atoms with Crippen molar-refractivity contribution >= 4 is 5.91 Å². The number of nitrogens with two attached hydrogens (primary N) is 1. The van der Waals surface area contributed by atoms with Crippen molar-refractivity contribution in [3.05, 3.63) is 35.6 Å². The van der Waals surface area contributed by atoms with Gasteiger partial charge in [0.2, 0.25) is 5.91 Å². The second kappa shape index (κ2) is 6.84. The lowest BCUT2D eigenvalue weighted by atomic mass is 9.74. The summed E-state index contributed by atoms with van der Waals surface area (Å²) < 4.78 is 12.8. The van der Waals surface area contributed by atoms with Gasteiger partial charge in [-0.2, -0.15) is 0 Å². The van der Waals surface area contributed by atoms with Crippen LogP contribution in [0.4, 0.5) is 4.39 Å². The lowest BCUT2D eigenvalue weighted by Gasteiger charge is -2.36. The normalized spacial score (nSPS) is 17.7. The van der Waals surface area contributed by atoms with E-state index in [0.717, 1.165) is 18.4 Å². The Morgan fingerprint density at radius 2 is 1.85 bits per heavy atom. The van der Waals surface area contributed by atoms with Gasteiger partial charge in [0.05, 0.1) is 6.42 Å². The molecule has 3 N–H and O–H groups in total. The molecule has 0 aliphatic heterocycles. The van der Waals surface area contributed by atoms with E-state index in [4.69, 9.17) is 5.73 Å². The largest absolute Gasteiger partial charge is 0.355 e. The van der Waals surface area contributed by atoms with Crippen LogP contribution in [0.15, 0.2) is 24.3 Å². The molecule has 20 heavy (non-hydrogen) atoms. The van der Waals surface area contributed by atoms with Gasteiger partial charge in [-0.3, -0.25) is 4.79 Å². The number of rotatable bonds is 5. The molecule has 1 aliphatic carbocycles.